The van der Waals surface area contributed by atoms with Gasteiger partial charge in [-0.15, -0.1) is 0 Å². The zero-order chi connectivity index (χ0) is 8.27. The third-order valence-electron chi connectivity index (χ3n) is 2.19. The van der Waals surface area contributed by atoms with E-state index < -0.39 is 0 Å². The van der Waals surface area contributed by atoms with Crippen LogP contribution in [0.4, 0.5) is 0 Å². The molecule has 0 spiro atoms. The lowest BCUT2D eigenvalue weighted by Gasteiger charge is -2.28. The zero-order valence-corrected chi connectivity index (χ0v) is 7.93. The number of allylic oxidation sites excluding steroid dienone is 2. The fraction of sp³-hybridized carbons (Fsp3) is 0.800. The Kier molecular flexibility index (Phi) is 2.98. The number of hydrogen-bond acceptors (Lipinski definition) is 1. The second-order valence-electron chi connectivity index (χ2n) is 3.78. The topological polar surface area (TPSA) is 3.24 Å². The van der Waals surface area contributed by atoms with Crippen molar-refractivity contribution in [1.29, 1.82) is 0 Å². The molecule has 0 amide bonds. The van der Waals surface area contributed by atoms with Crippen molar-refractivity contribution in [3.05, 3.63) is 11.8 Å². The normalized spacial score (nSPS) is 23.3. The highest BCUT2D eigenvalue weighted by Gasteiger charge is 2.09. The minimum absolute atomic E-state index is 0.700. The van der Waals surface area contributed by atoms with Gasteiger partial charge in [0, 0.05) is 19.3 Å². The third kappa shape index (κ3) is 2.57. The fourth-order valence-electron chi connectivity index (χ4n) is 1.58. The molecule has 0 N–H and O–H groups in total. The van der Waals surface area contributed by atoms with Crippen molar-refractivity contribution in [2.75, 3.05) is 13.6 Å². The molecule has 1 heteroatoms. The van der Waals surface area contributed by atoms with Gasteiger partial charge in [0.05, 0.1) is 0 Å². The van der Waals surface area contributed by atoms with E-state index >= 15 is 0 Å². The van der Waals surface area contributed by atoms with E-state index in [1.54, 1.807) is 5.70 Å². The van der Waals surface area contributed by atoms with Gasteiger partial charge in [-0.2, -0.15) is 0 Å². The number of hydrogen-bond donors (Lipinski definition) is 0. The number of likely N-dealkylation sites (tertiary alicyclic amines) is 1. The summed E-state index contributed by atoms with van der Waals surface area (Å²) >= 11 is 0. The van der Waals surface area contributed by atoms with E-state index in [0.717, 1.165) is 0 Å². The maximum atomic E-state index is 2.39. The Morgan fingerprint density at radius 1 is 1.36 bits per heavy atom. The summed E-state index contributed by atoms with van der Waals surface area (Å²) in [7, 11) is 2.20. The van der Waals surface area contributed by atoms with Gasteiger partial charge in [-0.1, -0.05) is 19.9 Å². The molecule has 11 heavy (non-hydrogen) atoms. The molecule has 1 rings (SSSR count). The molecule has 1 aliphatic rings. The first-order chi connectivity index (χ1) is 5.20. The molecule has 1 saturated heterocycles. The lowest BCUT2D eigenvalue weighted by Crippen LogP contribution is -2.23. The first-order valence-electron chi connectivity index (χ1n) is 4.62. The molecule has 0 saturated carbocycles. The summed E-state index contributed by atoms with van der Waals surface area (Å²) in [4.78, 5) is 2.39. The first kappa shape index (κ1) is 8.63. The summed E-state index contributed by atoms with van der Waals surface area (Å²) in [5, 5.41) is 0. The SMILES string of the molecule is CC(C)/C=C1\CCCCN1C. The lowest BCUT2D eigenvalue weighted by molar-refractivity contribution is 0.341. The summed E-state index contributed by atoms with van der Waals surface area (Å²) in [6.45, 7) is 5.74. The second-order valence-corrected chi connectivity index (χ2v) is 3.78. The van der Waals surface area contributed by atoms with E-state index in [9.17, 15) is 0 Å². The van der Waals surface area contributed by atoms with Gasteiger partial charge in [0.2, 0.25) is 0 Å². The molecule has 1 nitrogen and oxygen atoms in total. The van der Waals surface area contributed by atoms with E-state index in [4.69, 9.17) is 0 Å². The van der Waals surface area contributed by atoms with Crippen LogP contribution in [-0.2, 0) is 0 Å². The van der Waals surface area contributed by atoms with E-state index in [1.165, 1.54) is 25.8 Å². The Morgan fingerprint density at radius 3 is 2.64 bits per heavy atom. The molecule has 64 valence electrons. The van der Waals surface area contributed by atoms with Crippen molar-refractivity contribution in [3.63, 3.8) is 0 Å². The van der Waals surface area contributed by atoms with Gasteiger partial charge in [0.1, 0.15) is 0 Å². The zero-order valence-electron chi connectivity index (χ0n) is 7.93. The van der Waals surface area contributed by atoms with E-state index in [-0.39, 0.29) is 0 Å². The standard InChI is InChI=1S/C10H19N/c1-9(2)8-10-6-4-5-7-11(10)3/h8-9H,4-7H2,1-3H3/b10-8+. The summed E-state index contributed by atoms with van der Waals surface area (Å²) in [5.74, 6) is 0.700. The Balaban J connectivity index is 2.53. The molecule has 1 fully saturated rings. The Hall–Kier alpha value is -0.460. The highest BCUT2D eigenvalue weighted by atomic mass is 15.1. The van der Waals surface area contributed by atoms with Crippen LogP contribution in [0.2, 0.25) is 0 Å². The predicted molar refractivity (Wildman–Crippen MR) is 49.4 cm³/mol. The smallest absolute Gasteiger partial charge is 0.0171 e. The minimum Gasteiger partial charge on any atom is -0.378 e. The molecule has 0 aliphatic carbocycles. The van der Waals surface area contributed by atoms with Crippen LogP contribution in [0.1, 0.15) is 33.1 Å². The largest absolute Gasteiger partial charge is 0.378 e. The van der Waals surface area contributed by atoms with Crippen molar-refractivity contribution >= 4 is 0 Å². The van der Waals surface area contributed by atoms with Crippen molar-refractivity contribution in [2.45, 2.75) is 33.1 Å². The Morgan fingerprint density at radius 2 is 2.09 bits per heavy atom. The van der Waals surface area contributed by atoms with Crippen molar-refractivity contribution in [3.8, 4) is 0 Å². The summed E-state index contributed by atoms with van der Waals surface area (Å²) in [6.07, 6.45) is 6.42. The first-order valence-corrected chi connectivity index (χ1v) is 4.62. The van der Waals surface area contributed by atoms with Gasteiger partial charge >= 0.3 is 0 Å². The minimum atomic E-state index is 0.700. The molecule has 0 unspecified atom stereocenters. The molecule has 0 radical (unpaired) electrons. The predicted octanol–water partition coefficient (Wildman–Crippen LogP) is 2.64. The van der Waals surface area contributed by atoms with E-state index in [1.807, 2.05) is 0 Å². The van der Waals surface area contributed by atoms with Crippen LogP contribution in [0.15, 0.2) is 11.8 Å². The fourth-order valence-corrected chi connectivity index (χ4v) is 1.58. The number of piperidine rings is 1. The monoisotopic (exact) mass is 153 g/mol. The van der Waals surface area contributed by atoms with Crippen LogP contribution < -0.4 is 0 Å². The van der Waals surface area contributed by atoms with Gasteiger partial charge in [0.15, 0.2) is 0 Å². The summed E-state index contributed by atoms with van der Waals surface area (Å²) in [6, 6.07) is 0. The third-order valence-corrected chi connectivity index (χ3v) is 2.19. The van der Waals surface area contributed by atoms with E-state index in [2.05, 4.69) is 31.9 Å². The maximum absolute atomic E-state index is 2.39. The van der Waals surface area contributed by atoms with Gasteiger partial charge in [-0.05, 0) is 25.2 Å². The molecular formula is C10H19N. The van der Waals surface area contributed by atoms with Crippen molar-refractivity contribution in [1.82, 2.24) is 4.90 Å². The van der Waals surface area contributed by atoms with Crippen LogP contribution in [0.5, 0.6) is 0 Å². The second kappa shape index (κ2) is 3.80. The van der Waals surface area contributed by atoms with E-state index in [0.29, 0.717) is 5.92 Å². The summed E-state index contributed by atoms with van der Waals surface area (Å²) < 4.78 is 0. The number of rotatable bonds is 1. The van der Waals surface area contributed by atoms with Gasteiger partial charge in [-0.25, -0.2) is 0 Å². The van der Waals surface area contributed by atoms with Crippen LogP contribution in [0.25, 0.3) is 0 Å². The molecule has 0 atom stereocenters. The van der Waals surface area contributed by atoms with Gasteiger partial charge < -0.3 is 4.90 Å². The van der Waals surface area contributed by atoms with Gasteiger partial charge in [-0.3, -0.25) is 0 Å². The molecule has 0 aromatic carbocycles. The van der Waals surface area contributed by atoms with Gasteiger partial charge in [0.25, 0.3) is 0 Å². The summed E-state index contributed by atoms with van der Waals surface area (Å²) in [5.41, 5.74) is 1.55. The molecule has 1 aliphatic heterocycles. The Labute approximate surface area is 70.1 Å². The molecular weight excluding hydrogens is 134 g/mol. The average Bonchev–Trinajstić information content (AvgIpc) is 1.93. The molecule has 1 heterocycles. The Bertz CT molecular complexity index is 147. The van der Waals surface area contributed by atoms with Crippen molar-refractivity contribution < 1.29 is 0 Å². The lowest BCUT2D eigenvalue weighted by atomic mass is 10.0. The highest BCUT2D eigenvalue weighted by Crippen LogP contribution is 2.19. The van der Waals surface area contributed by atoms with Crippen LogP contribution >= 0.6 is 0 Å². The van der Waals surface area contributed by atoms with Crippen LogP contribution in [0, 0.1) is 5.92 Å². The van der Waals surface area contributed by atoms with Crippen LogP contribution in [-0.4, -0.2) is 18.5 Å². The maximum Gasteiger partial charge on any atom is 0.0171 e. The quantitative estimate of drug-likeness (QED) is 0.560. The van der Waals surface area contributed by atoms with Crippen LogP contribution in [0.3, 0.4) is 0 Å². The highest BCUT2D eigenvalue weighted by molar-refractivity contribution is 5.03. The molecule has 0 aromatic heterocycles. The molecule has 0 bridgehead atoms. The van der Waals surface area contributed by atoms with Crippen molar-refractivity contribution in [2.24, 2.45) is 5.92 Å². The average molecular weight is 153 g/mol. The molecule has 0 aromatic rings. The number of nitrogens with zero attached hydrogens (tertiary/aromatic N) is 1.